The number of fused-ring (bicyclic) bond motifs is 1. The van der Waals surface area contributed by atoms with Gasteiger partial charge in [0.05, 0.1) is 0 Å². The van der Waals surface area contributed by atoms with Crippen LogP contribution in [-0.4, -0.2) is 64.7 Å². The van der Waals surface area contributed by atoms with Gasteiger partial charge in [0.15, 0.2) is 0 Å². The minimum atomic E-state index is -0.952. The van der Waals surface area contributed by atoms with E-state index in [-0.39, 0.29) is 12.1 Å². The summed E-state index contributed by atoms with van der Waals surface area (Å²) >= 11 is 0. The average Bonchev–Trinajstić information content (AvgIpc) is 2.83. The highest BCUT2D eigenvalue weighted by molar-refractivity contribution is 5.82. The number of hydrogen-bond acceptors (Lipinski definition) is 3. The van der Waals surface area contributed by atoms with Gasteiger partial charge in [0.25, 0.3) is 0 Å². The molecule has 2 aliphatic rings. The summed E-state index contributed by atoms with van der Waals surface area (Å²) in [5.41, 5.74) is 0. The average molecular weight is 283 g/mol. The number of amides is 2. The molecular weight excluding hydrogens is 258 g/mol. The van der Waals surface area contributed by atoms with Crippen molar-refractivity contribution in [3.8, 4) is 0 Å². The van der Waals surface area contributed by atoms with Crippen molar-refractivity contribution < 1.29 is 14.7 Å². The lowest BCUT2D eigenvalue weighted by molar-refractivity contribution is -0.139. The molecule has 0 aromatic carbocycles. The molecule has 2 unspecified atom stereocenters. The van der Waals surface area contributed by atoms with Gasteiger partial charge in [0.1, 0.15) is 6.04 Å². The molecule has 6 heteroatoms. The van der Waals surface area contributed by atoms with Crippen molar-refractivity contribution in [1.82, 2.24) is 15.1 Å². The summed E-state index contributed by atoms with van der Waals surface area (Å²) in [7, 11) is 0. The molecule has 6 nitrogen and oxygen atoms in total. The second-order valence-electron chi connectivity index (χ2n) is 5.92. The molecule has 0 aliphatic carbocycles. The molecule has 2 fully saturated rings. The standard InChI is InChI=1S/C14H25N3O3/c1-3-5-12(13(18)19)15-14(20)17-9-11-6-4-7-16(11)8-10(17)2/h10-12H,3-9H2,1-2H3,(H,15,20)(H,18,19)/t10?,11?,12-/m0/s1. The van der Waals surface area contributed by atoms with Crippen LogP contribution in [-0.2, 0) is 4.79 Å². The first-order valence-electron chi connectivity index (χ1n) is 7.57. The fourth-order valence-electron chi connectivity index (χ4n) is 3.25. The predicted molar refractivity (Wildman–Crippen MR) is 75.6 cm³/mol. The van der Waals surface area contributed by atoms with Crippen molar-refractivity contribution >= 4 is 12.0 Å². The van der Waals surface area contributed by atoms with Crippen LogP contribution in [0.5, 0.6) is 0 Å². The number of hydrogen-bond donors (Lipinski definition) is 2. The molecule has 0 aromatic rings. The maximum Gasteiger partial charge on any atom is 0.326 e. The number of carboxylic acids is 1. The third kappa shape index (κ3) is 3.23. The lowest BCUT2D eigenvalue weighted by Gasteiger charge is -2.42. The van der Waals surface area contributed by atoms with Crippen LogP contribution in [0, 0.1) is 0 Å². The Morgan fingerprint density at radius 2 is 2.15 bits per heavy atom. The fourth-order valence-corrected chi connectivity index (χ4v) is 3.25. The second-order valence-corrected chi connectivity index (χ2v) is 5.92. The summed E-state index contributed by atoms with van der Waals surface area (Å²) in [5.74, 6) is -0.952. The van der Waals surface area contributed by atoms with Crippen LogP contribution >= 0.6 is 0 Å². The number of urea groups is 1. The normalized spacial score (nSPS) is 28.0. The zero-order chi connectivity index (χ0) is 14.7. The molecule has 2 N–H and O–H groups in total. The second kappa shape index (κ2) is 6.43. The van der Waals surface area contributed by atoms with Crippen LogP contribution in [0.15, 0.2) is 0 Å². The van der Waals surface area contributed by atoms with E-state index in [2.05, 4.69) is 10.2 Å². The van der Waals surface area contributed by atoms with Crippen LogP contribution < -0.4 is 5.32 Å². The molecule has 0 saturated carbocycles. The van der Waals surface area contributed by atoms with Crippen LogP contribution in [0.3, 0.4) is 0 Å². The Balaban J connectivity index is 1.95. The molecule has 2 saturated heterocycles. The van der Waals surface area contributed by atoms with Gasteiger partial charge in [-0.25, -0.2) is 9.59 Å². The van der Waals surface area contributed by atoms with Gasteiger partial charge in [-0.05, 0) is 32.7 Å². The molecule has 2 aliphatic heterocycles. The van der Waals surface area contributed by atoms with Gasteiger partial charge in [-0.15, -0.1) is 0 Å². The SMILES string of the molecule is CCC[C@H](NC(=O)N1CC2CCCN2CC1C)C(=O)O. The molecule has 2 amide bonds. The Kier molecular flexibility index (Phi) is 4.86. The highest BCUT2D eigenvalue weighted by atomic mass is 16.4. The maximum atomic E-state index is 12.3. The topological polar surface area (TPSA) is 72.9 Å². The molecular formula is C14H25N3O3. The van der Waals surface area contributed by atoms with E-state index in [4.69, 9.17) is 5.11 Å². The highest BCUT2D eigenvalue weighted by Gasteiger charge is 2.37. The number of nitrogens with one attached hydrogen (secondary N) is 1. The number of aliphatic carboxylic acids is 1. The Morgan fingerprint density at radius 1 is 1.40 bits per heavy atom. The summed E-state index contributed by atoms with van der Waals surface area (Å²) < 4.78 is 0. The molecule has 0 aromatic heterocycles. The van der Waals surface area contributed by atoms with Gasteiger partial charge in [-0.2, -0.15) is 0 Å². The van der Waals surface area contributed by atoms with Crippen molar-refractivity contribution in [2.24, 2.45) is 0 Å². The molecule has 114 valence electrons. The van der Waals surface area contributed by atoms with E-state index >= 15 is 0 Å². The van der Waals surface area contributed by atoms with E-state index in [0.29, 0.717) is 19.0 Å². The molecule has 0 spiro atoms. The first kappa shape index (κ1) is 15.1. The van der Waals surface area contributed by atoms with Crippen LogP contribution in [0.2, 0.25) is 0 Å². The summed E-state index contributed by atoms with van der Waals surface area (Å²) in [6, 6.07) is -0.418. The largest absolute Gasteiger partial charge is 0.480 e. The van der Waals surface area contributed by atoms with Crippen LogP contribution in [0.25, 0.3) is 0 Å². The number of carbonyl (C=O) groups excluding carboxylic acids is 1. The van der Waals surface area contributed by atoms with E-state index in [1.165, 1.54) is 6.42 Å². The Bertz CT molecular complexity index is 375. The molecule has 0 bridgehead atoms. The number of rotatable bonds is 4. The lowest BCUT2D eigenvalue weighted by Crippen LogP contribution is -2.60. The summed E-state index contributed by atoms with van der Waals surface area (Å²) in [4.78, 5) is 27.7. The molecule has 3 atom stereocenters. The fraction of sp³-hybridized carbons (Fsp3) is 0.857. The van der Waals surface area contributed by atoms with Crippen LogP contribution in [0.4, 0.5) is 4.79 Å². The molecule has 2 heterocycles. The lowest BCUT2D eigenvalue weighted by atomic mass is 10.1. The van der Waals surface area contributed by atoms with E-state index in [9.17, 15) is 9.59 Å². The molecule has 0 radical (unpaired) electrons. The maximum absolute atomic E-state index is 12.3. The third-order valence-corrected chi connectivity index (χ3v) is 4.37. The van der Waals surface area contributed by atoms with Gasteiger partial charge >= 0.3 is 12.0 Å². The number of piperazine rings is 1. The number of carboxylic acid groups (broad SMARTS) is 1. The van der Waals surface area contributed by atoms with Crippen molar-refractivity contribution in [2.45, 2.75) is 57.7 Å². The Hall–Kier alpha value is -1.30. The summed E-state index contributed by atoms with van der Waals surface area (Å²) in [6.45, 7) is 6.68. The van der Waals surface area contributed by atoms with E-state index in [1.54, 1.807) is 4.90 Å². The monoisotopic (exact) mass is 283 g/mol. The number of carbonyl (C=O) groups is 2. The highest BCUT2D eigenvalue weighted by Crippen LogP contribution is 2.24. The van der Waals surface area contributed by atoms with Crippen molar-refractivity contribution in [1.29, 1.82) is 0 Å². The van der Waals surface area contributed by atoms with Crippen LogP contribution in [0.1, 0.15) is 39.5 Å². The Labute approximate surface area is 120 Å². The summed E-state index contributed by atoms with van der Waals surface area (Å²) in [5, 5.41) is 11.8. The van der Waals surface area contributed by atoms with E-state index in [0.717, 1.165) is 25.9 Å². The van der Waals surface area contributed by atoms with Gasteiger partial charge < -0.3 is 15.3 Å². The Morgan fingerprint density at radius 3 is 2.80 bits per heavy atom. The zero-order valence-corrected chi connectivity index (χ0v) is 12.3. The van der Waals surface area contributed by atoms with Crippen molar-refractivity contribution in [3.05, 3.63) is 0 Å². The first-order chi connectivity index (χ1) is 9.52. The minimum absolute atomic E-state index is 0.139. The summed E-state index contributed by atoms with van der Waals surface area (Å²) in [6.07, 6.45) is 3.54. The zero-order valence-electron chi connectivity index (χ0n) is 12.3. The molecule has 20 heavy (non-hydrogen) atoms. The van der Waals surface area contributed by atoms with Crippen molar-refractivity contribution in [2.75, 3.05) is 19.6 Å². The van der Waals surface area contributed by atoms with Gasteiger partial charge in [0.2, 0.25) is 0 Å². The van der Waals surface area contributed by atoms with Gasteiger partial charge in [0, 0.05) is 25.2 Å². The predicted octanol–water partition coefficient (Wildman–Crippen LogP) is 1.12. The van der Waals surface area contributed by atoms with Gasteiger partial charge in [-0.1, -0.05) is 13.3 Å². The van der Waals surface area contributed by atoms with E-state index < -0.39 is 12.0 Å². The quantitative estimate of drug-likeness (QED) is 0.811. The third-order valence-electron chi connectivity index (χ3n) is 4.37. The number of nitrogens with zero attached hydrogens (tertiary/aromatic N) is 2. The van der Waals surface area contributed by atoms with E-state index in [1.807, 2.05) is 13.8 Å². The molecule has 2 rings (SSSR count). The van der Waals surface area contributed by atoms with Gasteiger partial charge in [-0.3, -0.25) is 4.90 Å². The first-order valence-corrected chi connectivity index (χ1v) is 7.57. The smallest absolute Gasteiger partial charge is 0.326 e. The van der Waals surface area contributed by atoms with Crippen molar-refractivity contribution in [3.63, 3.8) is 0 Å². The minimum Gasteiger partial charge on any atom is -0.480 e.